The number of rotatable bonds is 9. The molecule has 2 amide bonds. The van der Waals surface area contributed by atoms with Gasteiger partial charge in [-0.3, -0.25) is 4.79 Å². The summed E-state index contributed by atoms with van der Waals surface area (Å²) in [4.78, 5) is 35.4. The lowest BCUT2D eigenvalue weighted by molar-refractivity contribution is -0.132. The molecule has 2 aromatic rings. The first kappa shape index (κ1) is 23.1. The number of fused-ring (bicyclic) bond motifs is 3. The van der Waals surface area contributed by atoms with Gasteiger partial charge in [-0.25, -0.2) is 9.59 Å². The van der Waals surface area contributed by atoms with E-state index in [1.165, 1.54) is 13.0 Å². The van der Waals surface area contributed by atoms with Crippen LogP contribution in [-0.4, -0.2) is 42.8 Å². The Bertz CT molecular complexity index is 985. The average Bonchev–Trinajstić information content (AvgIpc) is 3.11. The van der Waals surface area contributed by atoms with E-state index < -0.39 is 18.0 Å². The molecule has 1 unspecified atom stereocenters. The van der Waals surface area contributed by atoms with Crippen molar-refractivity contribution in [3.8, 4) is 11.1 Å². The summed E-state index contributed by atoms with van der Waals surface area (Å²) in [5, 5.41) is 14.2. The predicted octanol–water partition coefficient (Wildman–Crippen LogP) is 3.70. The second-order valence-electron chi connectivity index (χ2n) is 7.75. The van der Waals surface area contributed by atoms with Crippen molar-refractivity contribution in [2.24, 2.45) is 5.92 Å². The zero-order valence-electron chi connectivity index (χ0n) is 18.3. The maximum Gasteiger partial charge on any atom is 0.407 e. The molecule has 3 rings (SSSR count). The molecule has 0 fully saturated rings. The van der Waals surface area contributed by atoms with Crippen molar-refractivity contribution in [1.82, 2.24) is 10.6 Å². The SMILES string of the molecule is CCC(CNC(=O)OCC1c2ccccc2-c2ccccc21)C(=O)NC/C=C(\C)C(=O)O. The van der Waals surface area contributed by atoms with Crippen LogP contribution in [0.25, 0.3) is 11.1 Å². The number of nitrogens with one attached hydrogen (secondary N) is 2. The van der Waals surface area contributed by atoms with E-state index in [0.717, 1.165) is 22.3 Å². The number of hydrogen-bond acceptors (Lipinski definition) is 4. The minimum absolute atomic E-state index is 0.0253. The van der Waals surface area contributed by atoms with E-state index in [2.05, 4.69) is 34.9 Å². The van der Waals surface area contributed by atoms with Crippen molar-refractivity contribution in [2.45, 2.75) is 26.2 Å². The number of hydrogen-bond donors (Lipinski definition) is 3. The highest BCUT2D eigenvalue weighted by molar-refractivity contribution is 5.86. The molecular weight excluding hydrogens is 408 g/mol. The van der Waals surface area contributed by atoms with Crippen LogP contribution in [0.2, 0.25) is 0 Å². The molecule has 0 saturated carbocycles. The third-order valence-electron chi connectivity index (χ3n) is 5.72. The van der Waals surface area contributed by atoms with Crippen molar-refractivity contribution < 1.29 is 24.2 Å². The van der Waals surface area contributed by atoms with Crippen LogP contribution in [-0.2, 0) is 14.3 Å². The number of ether oxygens (including phenoxy) is 1. The molecule has 0 aliphatic heterocycles. The topological polar surface area (TPSA) is 105 Å². The molecule has 0 radical (unpaired) electrons. The number of carbonyl (C=O) groups is 3. The van der Waals surface area contributed by atoms with Crippen LogP contribution in [0.1, 0.15) is 37.3 Å². The first-order chi connectivity index (χ1) is 15.4. The minimum atomic E-state index is -1.02. The summed E-state index contributed by atoms with van der Waals surface area (Å²) < 4.78 is 5.50. The highest BCUT2D eigenvalue weighted by atomic mass is 16.5. The van der Waals surface area contributed by atoms with E-state index in [1.54, 1.807) is 0 Å². The maximum absolute atomic E-state index is 12.3. The van der Waals surface area contributed by atoms with E-state index in [9.17, 15) is 14.4 Å². The predicted molar refractivity (Wildman–Crippen MR) is 121 cm³/mol. The second-order valence-corrected chi connectivity index (χ2v) is 7.75. The number of aliphatic carboxylic acids is 1. The molecule has 0 spiro atoms. The van der Waals surface area contributed by atoms with Gasteiger partial charge in [0.1, 0.15) is 6.61 Å². The Morgan fingerprint density at radius 3 is 2.19 bits per heavy atom. The fourth-order valence-electron chi connectivity index (χ4n) is 3.81. The number of amides is 2. The van der Waals surface area contributed by atoms with Crippen LogP contribution >= 0.6 is 0 Å². The number of carboxylic acids is 1. The molecule has 168 valence electrons. The van der Waals surface area contributed by atoms with Gasteiger partial charge in [0.05, 0.1) is 5.92 Å². The van der Waals surface area contributed by atoms with Crippen LogP contribution in [0.5, 0.6) is 0 Å². The van der Waals surface area contributed by atoms with Gasteiger partial charge in [0, 0.05) is 24.6 Å². The molecule has 0 saturated heterocycles. The molecule has 7 heteroatoms. The van der Waals surface area contributed by atoms with Crippen molar-refractivity contribution in [3.63, 3.8) is 0 Å². The summed E-state index contributed by atoms with van der Waals surface area (Å²) in [5.74, 6) is -1.74. The Balaban J connectivity index is 1.51. The van der Waals surface area contributed by atoms with E-state index >= 15 is 0 Å². The lowest BCUT2D eigenvalue weighted by atomic mass is 9.98. The standard InChI is InChI=1S/C25H28N2O5/c1-3-17(23(28)26-13-12-16(2)24(29)30)14-27-25(31)32-15-22-20-10-6-4-8-18(20)19-9-5-7-11-21(19)22/h4-12,17,22H,3,13-15H2,1-2H3,(H,26,28)(H,27,31)(H,29,30)/b16-12+. The Hall–Kier alpha value is -3.61. The smallest absolute Gasteiger partial charge is 0.407 e. The summed E-state index contributed by atoms with van der Waals surface area (Å²) in [6, 6.07) is 16.2. The third kappa shape index (κ3) is 5.35. The summed E-state index contributed by atoms with van der Waals surface area (Å²) in [5.41, 5.74) is 4.75. The summed E-state index contributed by atoms with van der Waals surface area (Å²) in [6.07, 6.45) is 1.39. The minimum Gasteiger partial charge on any atom is -0.478 e. The second kappa shape index (κ2) is 10.6. The monoisotopic (exact) mass is 436 g/mol. The lowest BCUT2D eigenvalue weighted by Gasteiger charge is -2.17. The van der Waals surface area contributed by atoms with E-state index in [4.69, 9.17) is 9.84 Å². The van der Waals surface area contributed by atoms with Crippen LogP contribution < -0.4 is 10.6 Å². The molecule has 0 heterocycles. The highest BCUT2D eigenvalue weighted by Crippen LogP contribution is 2.44. The fraction of sp³-hybridized carbons (Fsp3) is 0.320. The molecule has 0 aromatic heterocycles. The van der Waals surface area contributed by atoms with Crippen LogP contribution in [0.15, 0.2) is 60.2 Å². The molecule has 32 heavy (non-hydrogen) atoms. The van der Waals surface area contributed by atoms with Gasteiger partial charge >= 0.3 is 12.1 Å². The molecular formula is C25H28N2O5. The van der Waals surface area contributed by atoms with Crippen LogP contribution in [0.3, 0.4) is 0 Å². The average molecular weight is 437 g/mol. The number of carbonyl (C=O) groups excluding carboxylic acids is 2. The first-order valence-electron chi connectivity index (χ1n) is 10.7. The van der Waals surface area contributed by atoms with E-state index in [0.29, 0.717) is 6.42 Å². The zero-order valence-corrected chi connectivity index (χ0v) is 18.3. The Kier molecular flexibility index (Phi) is 7.65. The lowest BCUT2D eigenvalue weighted by Crippen LogP contribution is -2.39. The van der Waals surface area contributed by atoms with Gasteiger partial charge in [-0.15, -0.1) is 0 Å². The van der Waals surface area contributed by atoms with Gasteiger partial charge < -0.3 is 20.5 Å². The van der Waals surface area contributed by atoms with Gasteiger partial charge in [-0.1, -0.05) is 61.5 Å². The summed E-state index contributed by atoms with van der Waals surface area (Å²) >= 11 is 0. The Labute approximate surface area is 187 Å². The third-order valence-corrected chi connectivity index (χ3v) is 5.72. The number of benzene rings is 2. The van der Waals surface area contributed by atoms with Gasteiger partial charge in [-0.2, -0.15) is 0 Å². The molecule has 0 bridgehead atoms. The maximum atomic E-state index is 12.3. The van der Waals surface area contributed by atoms with Gasteiger partial charge in [0.15, 0.2) is 0 Å². The Morgan fingerprint density at radius 2 is 1.62 bits per heavy atom. The van der Waals surface area contributed by atoms with Gasteiger partial charge in [0.25, 0.3) is 0 Å². The van der Waals surface area contributed by atoms with Crippen molar-refractivity contribution in [2.75, 3.05) is 19.7 Å². The fourth-order valence-corrected chi connectivity index (χ4v) is 3.81. The van der Waals surface area contributed by atoms with Crippen molar-refractivity contribution in [1.29, 1.82) is 0 Å². The van der Waals surface area contributed by atoms with Crippen molar-refractivity contribution in [3.05, 3.63) is 71.3 Å². The highest BCUT2D eigenvalue weighted by Gasteiger charge is 2.29. The summed E-state index contributed by atoms with van der Waals surface area (Å²) in [7, 11) is 0. The van der Waals surface area contributed by atoms with E-state index in [-0.39, 0.29) is 37.1 Å². The van der Waals surface area contributed by atoms with Gasteiger partial charge in [-0.05, 0) is 35.6 Å². The van der Waals surface area contributed by atoms with Crippen LogP contribution in [0, 0.1) is 5.92 Å². The van der Waals surface area contributed by atoms with E-state index in [1.807, 2.05) is 31.2 Å². The van der Waals surface area contributed by atoms with Crippen molar-refractivity contribution >= 4 is 18.0 Å². The molecule has 3 N–H and O–H groups in total. The van der Waals surface area contributed by atoms with Crippen LogP contribution in [0.4, 0.5) is 4.79 Å². The first-order valence-corrected chi connectivity index (χ1v) is 10.7. The molecule has 2 aromatic carbocycles. The molecule has 7 nitrogen and oxygen atoms in total. The summed E-state index contributed by atoms with van der Waals surface area (Å²) in [6.45, 7) is 3.79. The normalized spacial score (nSPS) is 13.6. The van der Waals surface area contributed by atoms with Gasteiger partial charge in [0.2, 0.25) is 5.91 Å². The number of carboxylic acid groups (broad SMARTS) is 1. The molecule has 1 aliphatic carbocycles. The number of alkyl carbamates (subject to hydrolysis) is 1. The largest absolute Gasteiger partial charge is 0.478 e. The molecule has 1 aliphatic rings. The Morgan fingerprint density at radius 1 is 1.03 bits per heavy atom. The quantitative estimate of drug-likeness (QED) is 0.520. The zero-order chi connectivity index (χ0) is 23.1. The molecule has 1 atom stereocenters.